The molecule has 1 atom stereocenters. The number of hydrogen-bond acceptors (Lipinski definition) is 3. The molecule has 0 aliphatic carbocycles. The van der Waals surface area contributed by atoms with Gasteiger partial charge in [-0.2, -0.15) is 4.31 Å². The minimum absolute atomic E-state index is 0.222. The third kappa shape index (κ3) is 2.81. The van der Waals surface area contributed by atoms with Gasteiger partial charge >= 0.3 is 0 Å². The standard InChI is InChI=1S/C19H17FN2O2S/c20-16-10-8-14(9-11-16)17-6-3-13-22(17)25(23,24)18-7-1-4-15-5-2-12-21-19(15)18/h1-2,4-5,7-12,17H,3,6,13H2/t17-/m1/s1. The van der Waals surface area contributed by atoms with E-state index in [0.717, 1.165) is 23.8 Å². The number of fused-ring (bicyclic) bond motifs is 1. The number of aromatic nitrogens is 1. The van der Waals surface area contributed by atoms with Gasteiger partial charge in [-0.3, -0.25) is 4.98 Å². The molecule has 1 aliphatic rings. The topological polar surface area (TPSA) is 50.3 Å². The Bertz CT molecular complexity index is 1010. The van der Waals surface area contributed by atoms with Gasteiger partial charge in [-0.1, -0.05) is 30.3 Å². The van der Waals surface area contributed by atoms with Gasteiger partial charge in [0.05, 0.1) is 11.6 Å². The fraction of sp³-hybridized carbons (Fsp3) is 0.211. The molecule has 1 aliphatic heterocycles. The van der Waals surface area contributed by atoms with Crippen LogP contribution in [0.5, 0.6) is 0 Å². The SMILES string of the molecule is O=S(=O)(c1cccc2cccnc12)N1CCC[C@@H]1c1ccc(F)cc1. The molecule has 0 bridgehead atoms. The smallest absolute Gasteiger partial charge is 0.245 e. The largest absolute Gasteiger partial charge is 0.255 e. The second kappa shape index (κ2) is 6.20. The van der Waals surface area contributed by atoms with Crippen LogP contribution in [0.1, 0.15) is 24.4 Å². The van der Waals surface area contributed by atoms with Crippen molar-refractivity contribution >= 4 is 20.9 Å². The van der Waals surface area contributed by atoms with E-state index in [1.54, 1.807) is 36.5 Å². The second-order valence-electron chi connectivity index (χ2n) is 6.16. The average Bonchev–Trinajstić information content (AvgIpc) is 3.12. The van der Waals surface area contributed by atoms with E-state index >= 15 is 0 Å². The minimum atomic E-state index is -3.70. The first-order valence-electron chi connectivity index (χ1n) is 8.18. The summed E-state index contributed by atoms with van der Waals surface area (Å²) in [5, 5.41) is 0.793. The number of para-hydroxylation sites is 1. The average molecular weight is 356 g/mol. The van der Waals surface area contributed by atoms with E-state index in [2.05, 4.69) is 4.98 Å². The zero-order valence-electron chi connectivity index (χ0n) is 13.5. The molecule has 0 radical (unpaired) electrons. The van der Waals surface area contributed by atoms with Crippen LogP contribution in [0.3, 0.4) is 0 Å². The molecular weight excluding hydrogens is 339 g/mol. The van der Waals surface area contributed by atoms with Gasteiger partial charge in [-0.25, -0.2) is 12.8 Å². The highest BCUT2D eigenvalue weighted by Gasteiger charge is 2.37. The summed E-state index contributed by atoms with van der Waals surface area (Å²) < 4.78 is 41.3. The molecule has 0 saturated carbocycles. The summed E-state index contributed by atoms with van der Waals surface area (Å²) in [6.45, 7) is 0.452. The van der Waals surface area contributed by atoms with Crippen molar-refractivity contribution in [2.24, 2.45) is 0 Å². The molecule has 6 heteroatoms. The highest BCUT2D eigenvalue weighted by Crippen LogP contribution is 2.37. The Morgan fingerprint density at radius 2 is 1.80 bits per heavy atom. The van der Waals surface area contributed by atoms with Gasteiger partial charge in [-0.05, 0) is 42.7 Å². The van der Waals surface area contributed by atoms with Crippen molar-refractivity contribution in [1.29, 1.82) is 0 Å². The van der Waals surface area contributed by atoms with Crippen LogP contribution in [-0.2, 0) is 10.0 Å². The van der Waals surface area contributed by atoms with E-state index in [1.165, 1.54) is 16.4 Å². The van der Waals surface area contributed by atoms with Crippen LogP contribution in [0.15, 0.2) is 65.7 Å². The number of benzene rings is 2. The van der Waals surface area contributed by atoms with Gasteiger partial charge in [0, 0.05) is 18.1 Å². The van der Waals surface area contributed by atoms with Gasteiger partial charge in [0.2, 0.25) is 10.0 Å². The van der Waals surface area contributed by atoms with E-state index in [-0.39, 0.29) is 16.8 Å². The molecule has 3 aromatic rings. The third-order valence-electron chi connectivity index (χ3n) is 4.64. The van der Waals surface area contributed by atoms with Gasteiger partial charge in [-0.15, -0.1) is 0 Å². The lowest BCUT2D eigenvalue weighted by atomic mass is 10.1. The zero-order chi connectivity index (χ0) is 17.4. The van der Waals surface area contributed by atoms with Crippen molar-refractivity contribution in [3.8, 4) is 0 Å². The predicted octanol–water partition coefficient (Wildman–Crippen LogP) is 3.90. The first-order chi connectivity index (χ1) is 12.1. The third-order valence-corrected chi connectivity index (χ3v) is 6.58. The molecule has 0 amide bonds. The summed E-state index contributed by atoms with van der Waals surface area (Å²) >= 11 is 0. The lowest BCUT2D eigenvalue weighted by Gasteiger charge is -2.25. The summed E-state index contributed by atoms with van der Waals surface area (Å²) in [7, 11) is -3.70. The minimum Gasteiger partial charge on any atom is -0.255 e. The number of halogens is 1. The van der Waals surface area contributed by atoms with Crippen LogP contribution < -0.4 is 0 Å². The maximum Gasteiger partial charge on any atom is 0.245 e. The fourth-order valence-corrected chi connectivity index (χ4v) is 5.31. The maximum absolute atomic E-state index is 13.3. The van der Waals surface area contributed by atoms with Crippen LogP contribution in [0.4, 0.5) is 4.39 Å². The molecule has 128 valence electrons. The first-order valence-corrected chi connectivity index (χ1v) is 9.62. The number of pyridine rings is 1. The summed E-state index contributed by atoms with van der Waals surface area (Å²) in [6.07, 6.45) is 3.10. The van der Waals surface area contributed by atoms with E-state index < -0.39 is 10.0 Å². The number of hydrogen-bond donors (Lipinski definition) is 0. The lowest BCUT2D eigenvalue weighted by Crippen LogP contribution is -2.31. The van der Waals surface area contributed by atoms with E-state index in [1.807, 2.05) is 12.1 Å². The van der Waals surface area contributed by atoms with Crippen molar-refractivity contribution in [2.75, 3.05) is 6.54 Å². The highest BCUT2D eigenvalue weighted by atomic mass is 32.2. The van der Waals surface area contributed by atoms with Crippen LogP contribution in [-0.4, -0.2) is 24.3 Å². The molecule has 4 rings (SSSR count). The summed E-state index contributed by atoms with van der Waals surface area (Å²) in [5.41, 5.74) is 1.30. The predicted molar refractivity (Wildman–Crippen MR) is 94.0 cm³/mol. The van der Waals surface area contributed by atoms with E-state index in [0.29, 0.717) is 12.1 Å². The Morgan fingerprint density at radius 1 is 1.04 bits per heavy atom. The van der Waals surface area contributed by atoms with Gasteiger partial charge in [0.1, 0.15) is 10.7 Å². The molecule has 25 heavy (non-hydrogen) atoms. The van der Waals surface area contributed by atoms with Crippen molar-refractivity contribution in [2.45, 2.75) is 23.8 Å². The number of rotatable bonds is 3. The van der Waals surface area contributed by atoms with E-state index in [9.17, 15) is 12.8 Å². The molecule has 1 saturated heterocycles. The Morgan fingerprint density at radius 3 is 2.60 bits per heavy atom. The summed E-state index contributed by atoms with van der Waals surface area (Å²) in [4.78, 5) is 4.49. The molecule has 1 aromatic heterocycles. The Balaban J connectivity index is 1.80. The molecule has 0 N–H and O–H groups in total. The second-order valence-corrected chi connectivity index (χ2v) is 8.02. The molecule has 0 unspecified atom stereocenters. The maximum atomic E-state index is 13.3. The molecular formula is C19H17FN2O2S. The Labute approximate surface area is 146 Å². The zero-order valence-corrected chi connectivity index (χ0v) is 14.3. The monoisotopic (exact) mass is 356 g/mol. The summed E-state index contributed by atoms with van der Waals surface area (Å²) in [6, 6.07) is 14.6. The normalized spacial score (nSPS) is 18.7. The van der Waals surface area contributed by atoms with E-state index in [4.69, 9.17) is 0 Å². The van der Waals surface area contributed by atoms with Crippen LogP contribution in [0.2, 0.25) is 0 Å². The first kappa shape index (κ1) is 16.2. The molecule has 1 fully saturated rings. The van der Waals surface area contributed by atoms with Crippen LogP contribution in [0.25, 0.3) is 10.9 Å². The quantitative estimate of drug-likeness (QED) is 0.715. The molecule has 0 spiro atoms. The highest BCUT2D eigenvalue weighted by molar-refractivity contribution is 7.89. The lowest BCUT2D eigenvalue weighted by molar-refractivity contribution is 0.397. The number of sulfonamides is 1. The summed E-state index contributed by atoms with van der Waals surface area (Å²) in [5.74, 6) is -0.325. The Kier molecular flexibility index (Phi) is 4.01. The van der Waals surface area contributed by atoms with Gasteiger partial charge in [0.15, 0.2) is 0 Å². The molecule has 2 aromatic carbocycles. The van der Waals surface area contributed by atoms with Crippen LogP contribution >= 0.6 is 0 Å². The van der Waals surface area contributed by atoms with Gasteiger partial charge < -0.3 is 0 Å². The van der Waals surface area contributed by atoms with Crippen molar-refractivity contribution < 1.29 is 12.8 Å². The van der Waals surface area contributed by atoms with Crippen molar-refractivity contribution in [3.05, 3.63) is 72.2 Å². The number of nitrogens with zero attached hydrogens (tertiary/aromatic N) is 2. The molecule has 2 heterocycles. The Hall–Kier alpha value is -2.31. The van der Waals surface area contributed by atoms with Crippen molar-refractivity contribution in [3.63, 3.8) is 0 Å². The van der Waals surface area contributed by atoms with Crippen LogP contribution in [0, 0.1) is 5.82 Å². The fourth-order valence-electron chi connectivity index (χ4n) is 3.46. The van der Waals surface area contributed by atoms with Crippen molar-refractivity contribution in [1.82, 2.24) is 9.29 Å². The molecule has 4 nitrogen and oxygen atoms in total. The van der Waals surface area contributed by atoms with Gasteiger partial charge in [0.25, 0.3) is 0 Å².